The molecule has 0 bridgehead atoms. The van der Waals surface area contributed by atoms with Crippen molar-refractivity contribution in [3.05, 3.63) is 59.4 Å². The molecule has 2 N–H and O–H groups in total. The number of hydrogen-bond donors (Lipinski definition) is 2. The zero-order valence-corrected chi connectivity index (χ0v) is 14.5. The number of carbonyl (C=O) groups is 2. The van der Waals surface area contributed by atoms with Gasteiger partial charge in [-0.05, 0) is 36.8 Å². The number of rotatable bonds is 7. The van der Waals surface area contributed by atoms with E-state index in [4.69, 9.17) is 4.74 Å². The molecule has 144 valence electrons. The van der Waals surface area contributed by atoms with Crippen LogP contribution in [-0.2, 0) is 10.9 Å². The molecule has 2 aromatic rings. The quantitative estimate of drug-likeness (QED) is 0.723. The Labute approximate surface area is 153 Å². The zero-order chi connectivity index (χ0) is 19.9. The molecular weight excluding hydrogens is 363 g/mol. The summed E-state index contributed by atoms with van der Waals surface area (Å²) in [5.74, 6) is -1.11. The Bertz CT molecular complexity index is 810. The number of hydrogen-bond acceptors (Lipinski definition) is 4. The number of benzene rings is 1. The van der Waals surface area contributed by atoms with Crippen molar-refractivity contribution >= 4 is 17.5 Å². The summed E-state index contributed by atoms with van der Waals surface area (Å²) in [6, 6.07) is 6.93. The Balaban J connectivity index is 2.06. The second-order valence-corrected chi connectivity index (χ2v) is 5.56. The van der Waals surface area contributed by atoms with E-state index in [2.05, 4.69) is 15.6 Å². The van der Waals surface area contributed by atoms with Crippen molar-refractivity contribution in [1.29, 1.82) is 0 Å². The van der Waals surface area contributed by atoms with Gasteiger partial charge in [0.1, 0.15) is 5.69 Å². The average molecular weight is 381 g/mol. The fourth-order valence-electron chi connectivity index (χ4n) is 2.18. The SMILES string of the molecule is COCCCNC(=O)c1cc(C(=O)Nc2cccc(C(F)(F)F)c2)ccn1. The first-order valence-electron chi connectivity index (χ1n) is 8.03. The van der Waals surface area contributed by atoms with Crippen LogP contribution in [0.25, 0.3) is 0 Å². The predicted molar refractivity (Wildman–Crippen MR) is 92.5 cm³/mol. The molecule has 0 fully saturated rings. The molecule has 9 heteroatoms. The number of nitrogens with one attached hydrogen (secondary N) is 2. The van der Waals surface area contributed by atoms with Gasteiger partial charge in [0.25, 0.3) is 11.8 Å². The van der Waals surface area contributed by atoms with Crippen LogP contribution in [0.15, 0.2) is 42.6 Å². The maximum atomic E-state index is 12.7. The summed E-state index contributed by atoms with van der Waals surface area (Å²) in [5, 5.41) is 5.02. The third kappa shape index (κ3) is 6.07. The van der Waals surface area contributed by atoms with Gasteiger partial charge in [-0.3, -0.25) is 14.6 Å². The van der Waals surface area contributed by atoms with Crippen LogP contribution >= 0.6 is 0 Å². The smallest absolute Gasteiger partial charge is 0.385 e. The molecule has 6 nitrogen and oxygen atoms in total. The Kier molecular flexibility index (Phi) is 6.89. The standard InChI is InChI=1S/C18H18F3N3O3/c1-27-9-3-7-23-17(26)15-10-12(6-8-22-15)16(25)24-14-5-2-4-13(11-14)18(19,20)21/h2,4-6,8,10-11H,3,7,9H2,1H3,(H,23,26)(H,24,25). The molecule has 1 heterocycles. The first-order valence-corrected chi connectivity index (χ1v) is 8.03. The molecule has 0 radical (unpaired) electrons. The molecule has 27 heavy (non-hydrogen) atoms. The summed E-state index contributed by atoms with van der Waals surface area (Å²) in [6.45, 7) is 0.877. The number of ether oxygens (including phenoxy) is 1. The van der Waals surface area contributed by atoms with Gasteiger partial charge in [-0.25, -0.2) is 0 Å². The highest BCUT2D eigenvalue weighted by Crippen LogP contribution is 2.30. The summed E-state index contributed by atoms with van der Waals surface area (Å²) in [5.41, 5.74) is -0.739. The molecule has 0 unspecified atom stereocenters. The maximum Gasteiger partial charge on any atom is 0.416 e. The summed E-state index contributed by atoms with van der Waals surface area (Å²) >= 11 is 0. The second-order valence-electron chi connectivity index (χ2n) is 5.56. The molecule has 0 saturated carbocycles. The molecular formula is C18H18F3N3O3. The first-order chi connectivity index (χ1) is 12.8. The van der Waals surface area contributed by atoms with Gasteiger partial charge >= 0.3 is 6.18 Å². The molecule has 0 aliphatic heterocycles. The minimum absolute atomic E-state index is 0.00259. The number of halogens is 3. The Morgan fingerprint density at radius 2 is 1.93 bits per heavy atom. The fourth-order valence-corrected chi connectivity index (χ4v) is 2.18. The molecule has 0 aliphatic rings. The highest BCUT2D eigenvalue weighted by Gasteiger charge is 2.30. The minimum Gasteiger partial charge on any atom is -0.385 e. The topological polar surface area (TPSA) is 80.3 Å². The minimum atomic E-state index is -4.51. The van der Waals surface area contributed by atoms with Crippen molar-refractivity contribution in [2.75, 3.05) is 25.6 Å². The summed E-state index contributed by atoms with van der Waals surface area (Å²) in [4.78, 5) is 28.2. The summed E-state index contributed by atoms with van der Waals surface area (Å²) < 4.78 is 43.1. The van der Waals surface area contributed by atoms with Crippen LogP contribution in [-0.4, -0.2) is 37.1 Å². The molecule has 1 aromatic heterocycles. The van der Waals surface area contributed by atoms with Gasteiger partial charge in [-0.1, -0.05) is 6.07 Å². The van der Waals surface area contributed by atoms with Crippen molar-refractivity contribution < 1.29 is 27.5 Å². The number of carbonyl (C=O) groups excluding carboxylic acids is 2. The second kappa shape index (κ2) is 9.13. The number of alkyl halides is 3. The molecule has 2 amide bonds. The molecule has 0 atom stereocenters. The lowest BCUT2D eigenvalue weighted by Crippen LogP contribution is -2.26. The van der Waals surface area contributed by atoms with Crippen molar-refractivity contribution in [1.82, 2.24) is 10.3 Å². The van der Waals surface area contributed by atoms with Crippen molar-refractivity contribution in [2.24, 2.45) is 0 Å². The molecule has 2 rings (SSSR count). The number of nitrogens with zero attached hydrogens (tertiary/aromatic N) is 1. The van der Waals surface area contributed by atoms with Gasteiger partial charge in [0, 0.05) is 37.7 Å². The van der Waals surface area contributed by atoms with E-state index in [9.17, 15) is 22.8 Å². The van der Waals surface area contributed by atoms with E-state index in [-0.39, 0.29) is 16.9 Å². The highest BCUT2D eigenvalue weighted by molar-refractivity contribution is 6.05. The van der Waals surface area contributed by atoms with Crippen LogP contribution in [0.4, 0.5) is 18.9 Å². The van der Waals surface area contributed by atoms with Gasteiger partial charge < -0.3 is 15.4 Å². The average Bonchev–Trinajstić information content (AvgIpc) is 2.64. The van der Waals surface area contributed by atoms with Crippen LogP contribution in [0.3, 0.4) is 0 Å². The van der Waals surface area contributed by atoms with Crippen molar-refractivity contribution in [3.63, 3.8) is 0 Å². The van der Waals surface area contributed by atoms with Crippen LogP contribution in [0.1, 0.15) is 32.8 Å². The number of methoxy groups -OCH3 is 1. The molecule has 1 aromatic carbocycles. The highest BCUT2D eigenvalue weighted by atomic mass is 19.4. The van der Waals surface area contributed by atoms with Crippen molar-refractivity contribution in [2.45, 2.75) is 12.6 Å². The lowest BCUT2D eigenvalue weighted by molar-refractivity contribution is -0.137. The van der Waals surface area contributed by atoms with Crippen molar-refractivity contribution in [3.8, 4) is 0 Å². The van der Waals surface area contributed by atoms with E-state index in [1.807, 2.05) is 0 Å². The van der Waals surface area contributed by atoms with Gasteiger partial charge in [0.2, 0.25) is 0 Å². The Hall–Kier alpha value is -2.94. The van der Waals surface area contributed by atoms with E-state index in [0.717, 1.165) is 12.1 Å². The third-order valence-corrected chi connectivity index (χ3v) is 3.51. The molecule has 0 spiro atoms. The van der Waals surface area contributed by atoms with E-state index in [0.29, 0.717) is 19.6 Å². The van der Waals surface area contributed by atoms with Crippen LogP contribution in [0.5, 0.6) is 0 Å². The Morgan fingerprint density at radius 3 is 2.63 bits per heavy atom. The lowest BCUT2D eigenvalue weighted by atomic mass is 10.1. The van der Waals surface area contributed by atoms with Gasteiger partial charge in [-0.15, -0.1) is 0 Å². The number of aromatic nitrogens is 1. The van der Waals surface area contributed by atoms with E-state index in [1.54, 1.807) is 7.11 Å². The van der Waals surface area contributed by atoms with Crippen LogP contribution < -0.4 is 10.6 Å². The number of anilines is 1. The van der Waals surface area contributed by atoms with Crippen LogP contribution in [0.2, 0.25) is 0 Å². The van der Waals surface area contributed by atoms with Gasteiger partial charge in [0.05, 0.1) is 5.56 Å². The van der Waals surface area contributed by atoms with Gasteiger partial charge in [-0.2, -0.15) is 13.2 Å². The fraction of sp³-hybridized carbons (Fsp3) is 0.278. The van der Waals surface area contributed by atoms with Gasteiger partial charge in [0.15, 0.2) is 0 Å². The monoisotopic (exact) mass is 381 g/mol. The number of pyridine rings is 1. The normalized spacial score (nSPS) is 11.1. The molecule has 0 saturated heterocycles. The first kappa shape index (κ1) is 20.4. The summed E-state index contributed by atoms with van der Waals surface area (Å²) in [7, 11) is 1.55. The number of amides is 2. The van der Waals surface area contributed by atoms with E-state index >= 15 is 0 Å². The largest absolute Gasteiger partial charge is 0.416 e. The Morgan fingerprint density at radius 1 is 1.15 bits per heavy atom. The summed E-state index contributed by atoms with van der Waals surface area (Å²) in [6.07, 6.45) is -2.60. The third-order valence-electron chi connectivity index (χ3n) is 3.51. The lowest BCUT2D eigenvalue weighted by Gasteiger charge is -2.10. The molecule has 0 aliphatic carbocycles. The van der Waals surface area contributed by atoms with E-state index < -0.39 is 23.6 Å². The predicted octanol–water partition coefficient (Wildman–Crippen LogP) is 3.12. The zero-order valence-electron chi connectivity index (χ0n) is 14.5. The maximum absolute atomic E-state index is 12.7. The van der Waals surface area contributed by atoms with Crippen LogP contribution in [0, 0.1) is 0 Å². The van der Waals surface area contributed by atoms with E-state index in [1.165, 1.54) is 30.5 Å².